The second-order valence-corrected chi connectivity index (χ2v) is 6.94. The zero-order chi connectivity index (χ0) is 21.1. The van der Waals surface area contributed by atoms with Crippen LogP contribution < -0.4 is 0 Å². The summed E-state index contributed by atoms with van der Waals surface area (Å²) in [6.45, 7) is 1.95. The first-order chi connectivity index (χ1) is 14.5. The van der Waals surface area contributed by atoms with Crippen molar-refractivity contribution in [2.75, 3.05) is 0 Å². The van der Waals surface area contributed by atoms with Crippen molar-refractivity contribution in [3.63, 3.8) is 0 Å². The Morgan fingerprint density at radius 3 is 2.53 bits per heavy atom. The fourth-order valence-corrected chi connectivity index (χ4v) is 3.20. The van der Waals surface area contributed by atoms with E-state index in [4.69, 9.17) is 4.74 Å². The fraction of sp³-hybridized carbons (Fsp3) is 0.0833. The molecule has 0 unspecified atom stereocenters. The summed E-state index contributed by atoms with van der Waals surface area (Å²) in [6, 6.07) is 23.1. The number of para-hydroxylation sites is 1. The molecule has 0 aliphatic heterocycles. The van der Waals surface area contributed by atoms with Crippen molar-refractivity contribution in [1.29, 1.82) is 0 Å². The molecule has 0 N–H and O–H groups in total. The maximum atomic E-state index is 12.9. The summed E-state index contributed by atoms with van der Waals surface area (Å²) in [6.07, 6.45) is 0. The van der Waals surface area contributed by atoms with E-state index in [0.29, 0.717) is 27.7 Å². The van der Waals surface area contributed by atoms with Crippen molar-refractivity contribution < 1.29 is 14.5 Å². The highest BCUT2D eigenvalue weighted by molar-refractivity contribution is 6.04. The summed E-state index contributed by atoms with van der Waals surface area (Å²) in [7, 11) is 0. The minimum atomic E-state index is -0.506. The van der Waals surface area contributed by atoms with Crippen LogP contribution in [0.1, 0.15) is 21.5 Å². The first-order valence-corrected chi connectivity index (χ1v) is 9.38. The summed E-state index contributed by atoms with van der Waals surface area (Å²) in [4.78, 5) is 28.1. The summed E-state index contributed by atoms with van der Waals surface area (Å²) in [5.74, 6) is -0.506. The third kappa shape index (κ3) is 4.03. The van der Waals surface area contributed by atoms with Crippen molar-refractivity contribution in [2.24, 2.45) is 0 Å². The van der Waals surface area contributed by atoms with Gasteiger partial charge in [-0.1, -0.05) is 60.2 Å². The van der Waals surface area contributed by atoms with Crippen molar-refractivity contribution in [3.05, 3.63) is 106 Å². The molecule has 0 saturated heterocycles. The van der Waals surface area contributed by atoms with Gasteiger partial charge >= 0.3 is 5.97 Å². The molecule has 0 bridgehead atoms. The number of ether oxygens (including phenoxy) is 1. The van der Waals surface area contributed by atoms with Crippen LogP contribution in [0, 0.1) is 17.0 Å². The summed E-state index contributed by atoms with van der Waals surface area (Å²) < 4.78 is 5.48. The Kier molecular flexibility index (Phi) is 5.22. The van der Waals surface area contributed by atoms with Crippen molar-refractivity contribution in [3.8, 4) is 11.3 Å². The van der Waals surface area contributed by atoms with Gasteiger partial charge in [0.1, 0.15) is 6.61 Å². The van der Waals surface area contributed by atoms with Gasteiger partial charge in [0.05, 0.1) is 21.7 Å². The molecule has 3 aromatic carbocycles. The van der Waals surface area contributed by atoms with Gasteiger partial charge in [-0.05, 0) is 24.6 Å². The molecular weight excluding hydrogens is 380 g/mol. The normalized spacial score (nSPS) is 10.7. The molecular formula is C24H18N2O4. The van der Waals surface area contributed by atoms with Crippen LogP contribution in [0.15, 0.2) is 78.9 Å². The highest BCUT2D eigenvalue weighted by Gasteiger charge is 2.16. The number of benzene rings is 3. The van der Waals surface area contributed by atoms with Crippen LogP contribution in [0.25, 0.3) is 22.2 Å². The van der Waals surface area contributed by atoms with Gasteiger partial charge in [-0.2, -0.15) is 0 Å². The molecule has 0 spiro atoms. The van der Waals surface area contributed by atoms with E-state index in [-0.39, 0.29) is 12.3 Å². The zero-order valence-electron chi connectivity index (χ0n) is 16.2. The number of non-ortho nitro benzene ring substituents is 1. The Labute approximate surface area is 172 Å². The number of pyridine rings is 1. The number of hydrogen-bond donors (Lipinski definition) is 0. The topological polar surface area (TPSA) is 82.3 Å². The molecule has 0 atom stereocenters. The lowest BCUT2D eigenvalue weighted by Crippen LogP contribution is -2.07. The number of nitrogens with zero attached hydrogens (tertiary/aromatic N) is 2. The first kappa shape index (κ1) is 19.3. The van der Waals surface area contributed by atoms with Crippen molar-refractivity contribution in [2.45, 2.75) is 13.5 Å². The van der Waals surface area contributed by atoms with Crippen LogP contribution in [0.2, 0.25) is 0 Å². The molecule has 148 valence electrons. The number of esters is 1. The largest absolute Gasteiger partial charge is 0.457 e. The number of fused-ring (bicyclic) bond motifs is 1. The molecule has 0 amide bonds. The standard InChI is InChI=1S/C24H18N2O4/c1-16-9-11-18(12-10-16)23-14-21(20-7-2-3-8-22(20)25-23)24(27)30-15-17-5-4-6-19(13-17)26(28)29/h2-14H,15H2,1H3. The van der Waals surface area contributed by atoms with Crippen LogP contribution in [0.4, 0.5) is 5.69 Å². The highest BCUT2D eigenvalue weighted by Crippen LogP contribution is 2.26. The molecule has 0 saturated carbocycles. The van der Waals surface area contributed by atoms with Gasteiger partial charge in [-0.25, -0.2) is 9.78 Å². The maximum Gasteiger partial charge on any atom is 0.339 e. The summed E-state index contributed by atoms with van der Waals surface area (Å²) in [5, 5.41) is 11.6. The fourth-order valence-electron chi connectivity index (χ4n) is 3.20. The number of carbonyl (C=O) groups excluding carboxylic acids is 1. The molecule has 6 nitrogen and oxygen atoms in total. The Bertz CT molecular complexity index is 1250. The monoisotopic (exact) mass is 398 g/mol. The molecule has 30 heavy (non-hydrogen) atoms. The van der Waals surface area contributed by atoms with E-state index >= 15 is 0 Å². The van der Waals surface area contributed by atoms with Crippen molar-refractivity contribution >= 4 is 22.6 Å². The number of aryl methyl sites for hydroxylation is 1. The SMILES string of the molecule is Cc1ccc(-c2cc(C(=O)OCc3cccc([N+](=O)[O-])c3)c3ccccc3n2)cc1. The lowest BCUT2D eigenvalue weighted by molar-refractivity contribution is -0.384. The van der Waals surface area contributed by atoms with Gasteiger partial charge in [-0.3, -0.25) is 10.1 Å². The molecule has 4 rings (SSSR count). The Balaban J connectivity index is 1.67. The average Bonchev–Trinajstić information content (AvgIpc) is 2.77. The van der Waals surface area contributed by atoms with Gasteiger partial charge in [0, 0.05) is 23.1 Å². The number of hydrogen-bond acceptors (Lipinski definition) is 5. The minimum absolute atomic E-state index is 0.0421. The van der Waals surface area contributed by atoms with Gasteiger partial charge in [0.2, 0.25) is 0 Å². The van der Waals surface area contributed by atoms with Crippen LogP contribution in [-0.4, -0.2) is 15.9 Å². The lowest BCUT2D eigenvalue weighted by Gasteiger charge is -2.10. The van der Waals surface area contributed by atoms with E-state index in [0.717, 1.165) is 11.1 Å². The number of carbonyl (C=O) groups is 1. The minimum Gasteiger partial charge on any atom is -0.457 e. The lowest BCUT2D eigenvalue weighted by atomic mass is 10.0. The quantitative estimate of drug-likeness (QED) is 0.253. The molecule has 0 aliphatic carbocycles. The third-order valence-electron chi connectivity index (χ3n) is 4.77. The van der Waals surface area contributed by atoms with E-state index < -0.39 is 10.9 Å². The molecule has 1 aromatic heterocycles. The Morgan fingerprint density at radius 2 is 1.77 bits per heavy atom. The predicted octanol–water partition coefficient (Wildman–Crippen LogP) is 5.48. The molecule has 0 radical (unpaired) electrons. The van der Waals surface area contributed by atoms with Crippen LogP contribution in [0.5, 0.6) is 0 Å². The number of rotatable bonds is 5. The smallest absolute Gasteiger partial charge is 0.339 e. The molecule has 0 aliphatic rings. The number of aromatic nitrogens is 1. The van der Waals surface area contributed by atoms with Gasteiger partial charge in [0.25, 0.3) is 5.69 Å². The van der Waals surface area contributed by atoms with E-state index in [9.17, 15) is 14.9 Å². The van der Waals surface area contributed by atoms with E-state index in [1.807, 2.05) is 55.5 Å². The van der Waals surface area contributed by atoms with Crippen LogP contribution >= 0.6 is 0 Å². The predicted molar refractivity (Wildman–Crippen MR) is 114 cm³/mol. The van der Waals surface area contributed by atoms with Gasteiger partial charge in [0.15, 0.2) is 0 Å². The third-order valence-corrected chi connectivity index (χ3v) is 4.77. The van der Waals surface area contributed by atoms with E-state index in [1.165, 1.54) is 12.1 Å². The first-order valence-electron chi connectivity index (χ1n) is 9.38. The summed E-state index contributed by atoms with van der Waals surface area (Å²) >= 11 is 0. The molecule has 1 heterocycles. The number of nitro benzene ring substituents is 1. The van der Waals surface area contributed by atoms with Crippen molar-refractivity contribution in [1.82, 2.24) is 4.98 Å². The van der Waals surface area contributed by atoms with Crippen LogP contribution in [0.3, 0.4) is 0 Å². The molecule has 0 fully saturated rings. The zero-order valence-corrected chi connectivity index (χ0v) is 16.2. The van der Waals surface area contributed by atoms with E-state index in [2.05, 4.69) is 4.98 Å². The average molecular weight is 398 g/mol. The molecule has 6 heteroatoms. The highest BCUT2D eigenvalue weighted by atomic mass is 16.6. The molecule has 4 aromatic rings. The second-order valence-electron chi connectivity index (χ2n) is 6.94. The maximum absolute atomic E-state index is 12.9. The Morgan fingerprint density at radius 1 is 1.00 bits per heavy atom. The van der Waals surface area contributed by atoms with Gasteiger partial charge < -0.3 is 4.74 Å². The van der Waals surface area contributed by atoms with E-state index in [1.54, 1.807) is 18.2 Å². The Hall–Kier alpha value is -4.06. The van der Waals surface area contributed by atoms with Gasteiger partial charge in [-0.15, -0.1) is 0 Å². The summed E-state index contributed by atoms with van der Waals surface area (Å²) in [5.41, 5.74) is 4.32. The number of nitro groups is 1. The van der Waals surface area contributed by atoms with Crippen LogP contribution in [-0.2, 0) is 11.3 Å². The second kappa shape index (κ2) is 8.13.